The second-order valence-electron chi connectivity index (χ2n) is 9.55. The number of nitrogens with zero attached hydrogens (tertiary/aromatic N) is 5. The quantitative estimate of drug-likeness (QED) is 0.340. The lowest BCUT2D eigenvalue weighted by Crippen LogP contribution is -2.35. The molecule has 5 rings (SSSR count). The van der Waals surface area contributed by atoms with Crippen LogP contribution < -0.4 is 21.3 Å². The normalized spacial score (nSPS) is 17.8. The van der Waals surface area contributed by atoms with Crippen molar-refractivity contribution >= 4 is 22.7 Å². The summed E-state index contributed by atoms with van der Waals surface area (Å²) in [6.07, 6.45) is 12.1. The molecule has 0 unspecified atom stereocenters. The van der Waals surface area contributed by atoms with Crippen LogP contribution in [-0.4, -0.2) is 56.7 Å². The highest BCUT2D eigenvalue weighted by atomic mass is 15.4. The smallest absolute Gasteiger partial charge is 0.225 e. The van der Waals surface area contributed by atoms with Crippen molar-refractivity contribution in [3.63, 3.8) is 0 Å². The van der Waals surface area contributed by atoms with Crippen molar-refractivity contribution in [2.24, 2.45) is 0 Å². The average molecular weight is 464 g/mol. The van der Waals surface area contributed by atoms with Crippen molar-refractivity contribution in [2.75, 3.05) is 30.3 Å². The summed E-state index contributed by atoms with van der Waals surface area (Å²) >= 11 is 0. The van der Waals surface area contributed by atoms with Gasteiger partial charge < -0.3 is 21.3 Å². The lowest BCUT2D eigenvalue weighted by atomic mass is 9.95. The maximum Gasteiger partial charge on any atom is 0.225 e. The Morgan fingerprint density at radius 3 is 2.71 bits per heavy atom. The Morgan fingerprint density at radius 2 is 1.82 bits per heavy atom. The highest BCUT2D eigenvalue weighted by molar-refractivity contribution is 5.90. The molecule has 2 fully saturated rings. The first-order valence-corrected chi connectivity index (χ1v) is 12.9. The number of aromatic nitrogens is 5. The average Bonchev–Trinajstić information content (AvgIpc) is 3.34. The molecule has 0 radical (unpaired) electrons. The van der Waals surface area contributed by atoms with Gasteiger partial charge in [0.2, 0.25) is 5.95 Å². The zero-order valence-corrected chi connectivity index (χ0v) is 20.0. The van der Waals surface area contributed by atoms with E-state index in [9.17, 15) is 0 Å². The van der Waals surface area contributed by atoms with Gasteiger partial charge >= 0.3 is 0 Å². The number of piperidine rings is 1. The Labute approximate surface area is 201 Å². The summed E-state index contributed by atoms with van der Waals surface area (Å²) in [5.41, 5.74) is 1.83. The van der Waals surface area contributed by atoms with Gasteiger partial charge in [0.05, 0.1) is 18.3 Å². The van der Waals surface area contributed by atoms with Gasteiger partial charge in [-0.1, -0.05) is 36.6 Å². The molecule has 0 atom stereocenters. The topological polar surface area (TPSA) is 105 Å². The van der Waals surface area contributed by atoms with Crippen molar-refractivity contribution < 1.29 is 0 Å². The van der Waals surface area contributed by atoms with E-state index >= 15 is 0 Å². The molecule has 4 N–H and O–H groups in total. The van der Waals surface area contributed by atoms with Gasteiger partial charge in [0.25, 0.3) is 0 Å². The summed E-state index contributed by atoms with van der Waals surface area (Å²) in [6.45, 7) is 4.54. The zero-order chi connectivity index (χ0) is 23.0. The van der Waals surface area contributed by atoms with Crippen LogP contribution in [0.1, 0.15) is 57.1 Å². The van der Waals surface area contributed by atoms with Crippen LogP contribution >= 0.6 is 0 Å². The molecule has 1 aromatic carbocycles. The van der Waals surface area contributed by atoms with Crippen molar-refractivity contribution in [3.8, 4) is 0 Å². The molecule has 3 aromatic rings. The predicted octanol–water partition coefficient (Wildman–Crippen LogP) is 3.31. The molecule has 9 nitrogen and oxygen atoms in total. The van der Waals surface area contributed by atoms with E-state index in [2.05, 4.69) is 37.6 Å². The van der Waals surface area contributed by atoms with E-state index in [0.717, 1.165) is 67.9 Å². The van der Waals surface area contributed by atoms with Crippen LogP contribution in [0.4, 0.5) is 11.8 Å². The second kappa shape index (κ2) is 11.6. The molecular formula is C25H37N9. The molecule has 1 aliphatic carbocycles. The van der Waals surface area contributed by atoms with Crippen LogP contribution in [0.5, 0.6) is 0 Å². The predicted molar refractivity (Wildman–Crippen MR) is 136 cm³/mol. The minimum Gasteiger partial charge on any atom is -0.367 e. The van der Waals surface area contributed by atoms with Crippen LogP contribution in [0.3, 0.4) is 0 Å². The molecule has 1 aliphatic heterocycles. The van der Waals surface area contributed by atoms with Gasteiger partial charge in [-0.2, -0.15) is 4.98 Å². The number of fused-ring (bicyclic) bond motifs is 1. The highest BCUT2D eigenvalue weighted by Crippen LogP contribution is 2.24. The summed E-state index contributed by atoms with van der Waals surface area (Å²) in [5.74, 6) is 1.51. The van der Waals surface area contributed by atoms with Crippen molar-refractivity contribution in [3.05, 3.63) is 36.2 Å². The Hall–Kier alpha value is -2.78. The van der Waals surface area contributed by atoms with Crippen molar-refractivity contribution in [1.82, 2.24) is 35.6 Å². The standard InChI is InChI=1S/C25H37N9/c1-2-7-19(8-3-1)27-13-6-16-34-18-21(32-33-34)17-28-25-30-23-10-5-4-9-22(23)24(31-25)29-20-11-14-26-15-12-20/h4-5,9-10,18-20,26-27H,1-3,6-8,11-17H2,(H2,28,29,30,31). The van der Waals surface area contributed by atoms with Crippen LogP contribution in [0, 0.1) is 0 Å². The molecule has 0 spiro atoms. The van der Waals surface area contributed by atoms with Crippen LogP contribution in [-0.2, 0) is 13.1 Å². The van der Waals surface area contributed by atoms with E-state index in [0.29, 0.717) is 24.6 Å². The van der Waals surface area contributed by atoms with E-state index in [4.69, 9.17) is 9.97 Å². The third kappa shape index (κ3) is 6.21. The molecule has 34 heavy (non-hydrogen) atoms. The van der Waals surface area contributed by atoms with Crippen molar-refractivity contribution in [1.29, 1.82) is 0 Å². The van der Waals surface area contributed by atoms with Gasteiger partial charge in [-0.3, -0.25) is 4.68 Å². The second-order valence-corrected chi connectivity index (χ2v) is 9.55. The molecule has 182 valence electrons. The fourth-order valence-electron chi connectivity index (χ4n) is 4.98. The summed E-state index contributed by atoms with van der Waals surface area (Å²) in [5, 5.41) is 23.8. The lowest BCUT2D eigenvalue weighted by Gasteiger charge is -2.25. The summed E-state index contributed by atoms with van der Waals surface area (Å²) in [6, 6.07) is 9.31. The largest absolute Gasteiger partial charge is 0.367 e. The maximum atomic E-state index is 4.80. The molecular weight excluding hydrogens is 426 g/mol. The molecule has 2 aliphatic rings. The Kier molecular flexibility index (Phi) is 7.82. The first-order chi connectivity index (χ1) is 16.8. The number of nitrogens with one attached hydrogen (secondary N) is 4. The van der Waals surface area contributed by atoms with Gasteiger partial charge in [-0.05, 0) is 63.9 Å². The fourth-order valence-corrected chi connectivity index (χ4v) is 4.98. The monoisotopic (exact) mass is 463 g/mol. The number of para-hydroxylation sites is 1. The van der Waals surface area contributed by atoms with E-state index in [1.165, 1.54) is 32.1 Å². The third-order valence-electron chi connectivity index (χ3n) is 6.90. The molecule has 1 saturated heterocycles. The molecule has 2 aromatic heterocycles. The first kappa shape index (κ1) is 23.0. The molecule has 0 bridgehead atoms. The number of hydrogen-bond donors (Lipinski definition) is 4. The number of hydrogen-bond acceptors (Lipinski definition) is 8. The first-order valence-electron chi connectivity index (χ1n) is 12.9. The molecule has 0 amide bonds. The Morgan fingerprint density at radius 1 is 0.971 bits per heavy atom. The zero-order valence-electron chi connectivity index (χ0n) is 20.0. The van der Waals surface area contributed by atoms with Crippen LogP contribution in [0.2, 0.25) is 0 Å². The Balaban J connectivity index is 1.15. The van der Waals surface area contributed by atoms with Crippen molar-refractivity contribution in [2.45, 2.75) is 76.5 Å². The summed E-state index contributed by atoms with van der Waals surface area (Å²) in [4.78, 5) is 9.52. The van der Waals surface area contributed by atoms with E-state index < -0.39 is 0 Å². The summed E-state index contributed by atoms with van der Waals surface area (Å²) in [7, 11) is 0. The van der Waals surface area contributed by atoms with E-state index in [1.807, 2.05) is 29.1 Å². The molecule has 1 saturated carbocycles. The number of rotatable bonds is 10. The van der Waals surface area contributed by atoms with Gasteiger partial charge in [0.15, 0.2) is 0 Å². The highest BCUT2D eigenvalue weighted by Gasteiger charge is 2.16. The number of aryl methyl sites for hydroxylation is 1. The van der Waals surface area contributed by atoms with Gasteiger partial charge in [0, 0.05) is 24.0 Å². The SMILES string of the molecule is c1ccc2c(NC3CCNCC3)nc(NCc3cn(CCCNC4CCCCC4)nn3)nc2c1. The summed E-state index contributed by atoms with van der Waals surface area (Å²) < 4.78 is 1.94. The van der Waals surface area contributed by atoms with Gasteiger partial charge in [0.1, 0.15) is 11.5 Å². The van der Waals surface area contributed by atoms with E-state index in [-0.39, 0.29) is 0 Å². The maximum absolute atomic E-state index is 4.80. The van der Waals surface area contributed by atoms with Gasteiger partial charge in [-0.25, -0.2) is 4.98 Å². The minimum atomic E-state index is 0.430. The molecule has 3 heterocycles. The lowest BCUT2D eigenvalue weighted by molar-refractivity contribution is 0.367. The minimum absolute atomic E-state index is 0.430. The van der Waals surface area contributed by atoms with Crippen LogP contribution in [0.15, 0.2) is 30.5 Å². The van der Waals surface area contributed by atoms with Crippen LogP contribution in [0.25, 0.3) is 10.9 Å². The molecule has 9 heteroatoms. The fraction of sp³-hybridized carbons (Fsp3) is 0.600. The van der Waals surface area contributed by atoms with Gasteiger partial charge in [-0.15, -0.1) is 5.10 Å². The Bertz CT molecular complexity index is 1040. The number of anilines is 2. The van der Waals surface area contributed by atoms with E-state index in [1.54, 1.807) is 0 Å². The number of benzene rings is 1. The third-order valence-corrected chi connectivity index (χ3v) is 6.90.